The second-order valence-electron chi connectivity index (χ2n) is 4.83. The van der Waals surface area contributed by atoms with Crippen LogP contribution < -0.4 is 10.0 Å². The Balaban J connectivity index is 2.04. The third kappa shape index (κ3) is 3.98. The van der Waals surface area contributed by atoms with E-state index in [-0.39, 0.29) is 11.8 Å². The predicted octanol–water partition coefficient (Wildman–Crippen LogP) is 2.35. The van der Waals surface area contributed by atoms with Crippen LogP contribution in [-0.4, -0.2) is 24.0 Å². The van der Waals surface area contributed by atoms with Gasteiger partial charge in [0.15, 0.2) is 0 Å². The maximum atomic E-state index is 11.5. The molecule has 1 heterocycles. The van der Waals surface area contributed by atoms with Crippen molar-refractivity contribution in [3.8, 4) is 0 Å². The van der Waals surface area contributed by atoms with E-state index in [9.17, 15) is 8.42 Å². The molecule has 0 aliphatic heterocycles. The minimum atomic E-state index is -3.23. The third-order valence-electron chi connectivity index (χ3n) is 3.22. The number of aryl methyl sites for hydroxylation is 1. The van der Waals surface area contributed by atoms with E-state index >= 15 is 0 Å². The van der Waals surface area contributed by atoms with Gasteiger partial charge in [-0.1, -0.05) is 0 Å². The summed E-state index contributed by atoms with van der Waals surface area (Å²) in [6.45, 7) is 3.65. The maximum Gasteiger partial charge on any atom is 0.232 e. The van der Waals surface area contributed by atoms with Crippen LogP contribution in [-0.2, 0) is 17.1 Å². The van der Waals surface area contributed by atoms with Gasteiger partial charge in [0.25, 0.3) is 0 Å². The molecule has 1 aromatic carbocycles. The lowest BCUT2D eigenvalue weighted by Gasteiger charge is -2.16. The van der Waals surface area contributed by atoms with Gasteiger partial charge < -0.3 is 5.32 Å². The van der Waals surface area contributed by atoms with Crippen molar-refractivity contribution in [3.05, 3.63) is 42.2 Å². The topological polar surface area (TPSA) is 76.0 Å². The molecular weight excluding hydrogens is 288 g/mol. The molecule has 0 saturated carbocycles. The van der Waals surface area contributed by atoms with E-state index in [1.165, 1.54) is 0 Å². The molecule has 0 saturated heterocycles. The van der Waals surface area contributed by atoms with E-state index < -0.39 is 10.0 Å². The molecule has 0 spiro atoms. The highest BCUT2D eigenvalue weighted by Crippen LogP contribution is 2.20. The summed E-state index contributed by atoms with van der Waals surface area (Å²) in [4.78, 5) is 0. The Morgan fingerprint density at radius 1 is 1.19 bits per heavy atom. The number of nitrogens with zero attached hydrogens (tertiary/aromatic N) is 2. The van der Waals surface area contributed by atoms with Crippen molar-refractivity contribution in [2.75, 3.05) is 15.8 Å². The maximum absolute atomic E-state index is 11.5. The quantitative estimate of drug-likeness (QED) is 0.859. The Bertz CT molecular complexity index is 692. The summed E-state index contributed by atoms with van der Waals surface area (Å²) in [5.41, 5.74) is 2.56. The number of sulfonamides is 1. The molecule has 0 fully saturated rings. The number of anilines is 2. The number of hydrogen-bond donors (Lipinski definition) is 2. The molecule has 0 aliphatic rings. The van der Waals surface area contributed by atoms with Crippen molar-refractivity contribution >= 4 is 21.4 Å². The average molecular weight is 308 g/mol. The highest BCUT2D eigenvalue weighted by molar-refractivity contribution is 7.92. The summed E-state index contributed by atoms with van der Waals surface area (Å²) in [6.07, 6.45) is 1.76. The van der Waals surface area contributed by atoms with E-state index in [4.69, 9.17) is 0 Å². The number of nitrogens with one attached hydrogen (secondary N) is 2. The van der Waals surface area contributed by atoms with Crippen LogP contribution in [0.25, 0.3) is 0 Å². The highest BCUT2D eigenvalue weighted by Gasteiger charge is 2.10. The molecule has 21 heavy (non-hydrogen) atoms. The van der Waals surface area contributed by atoms with Gasteiger partial charge in [-0.3, -0.25) is 9.40 Å². The van der Waals surface area contributed by atoms with Crippen molar-refractivity contribution in [1.29, 1.82) is 0 Å². The van der Waals surface area contributed by atoms with Crippen molar-refractivity contribution < 1.29 is 8.42 Å². The summed E-state index contributed by atoms with van der Waals surface area (Å²) in [7, 11) is -1.33. The zero-order valence-electron chi connectivity index (χ0n) is 12.4. The van der Waals surface area contributed by atoms with E-state index in [0.29, 0.717) is 5.69 Å². The summed E-state index contributed by atoms with van der Waals surface area (Å²) in [6, 6.07) is 9.25. The largest absolute Gasteiger partial charge is 0.377 e. The summed E-state index contributed by atoms with van der Waals surface area (Å²) in [5.74, 6) is 0.0600. The van der Waals surface area contributed by atoms with Crippen LogP contribution in [0.4, 0.5) is 11.4 Å². The first kappa shape index (κ1) is 15.4. The SMILES string of the molecule is CCS(=O)(=O)Nc1ccc(NC(C)c2ccnn2C)cc1. The number of benzene rings is 1. The van der Waals surface area contributed by atoms with Crippen LogP contribution in [0.15, 0.2) is 36.5 Å². The normalized spacial score (nSPS) is 12.9. The predicted molar refractivity (Wildman–Crippen MR) is 84.8 cm³/mol. The third-order valence-corrected chi connectivity index (χ3v) is 4.53. The molecule has 1 aromatic heterocycles. The molecule has 2 rings (SSSR count). The molecule has 7 heteroatoms. The van der Waals surface area contributed by atoms with Crippen molar-refractivity contribution in [2.45, 2.75) is 19.9 Å². The van der Waals surface area contributed by atoms with Gasteiger partial charge in [-0.25, -0.2) is 8.42 Å². The van der Waals surface area contributed by atoms with E-state index in [0.717, 1.165) is 11.4 Å². The lowest BCUT2D eigenvalue weighted by atomic mass is 10.2. The molecule has 2 N–H and O–H groups in total. The van der Waals surface area contributed by atoms with E-state index in [1.807, 2.05) is 36.9 Å². The number of rotatable bonds is 6. The van der Waals surface area contributed by atoms with Crippen LogP contribution in [0.1, 0.15) is 25.6 Å². The first-order valence-corrected chi connectivity index (χ1v) is 8.41. The molecule has 0 radical (unpaired) electrons. The van der Waals surface area contributed by atoms with Crippen molar-refractivity contribution in [1.82, 2.24) is 9.78 Å². The lowest BCUT2D eigenvalue weighted by molar-refractivity contribution is 0.602. The Kier molecular flexibility index (Phi) is 4.52. The Hall–Kier alpha value is -2.02. The second kappa shape index (κ2) is 6.17. The first-order valence-electron chi connectivity index (χ1n) is 6.76. The molecule has 0 amide bonds. The summed E-state index contributed by atoms with van der Waals surface area (Å²) < 4.78 is 27.3. The number of hydrogen-bond acceptors (Lipinski definition) is 4. The van der Waals surface area contributed by atoms with Gasteiger partial charge in [0.1, 0.15) is 0 Å². The fourth-order valence-corrected chi connectivity index (χ4v) is 2.66. The van der Waals surface area contributed by atoms with Crippen LogP contribution in [0.3, 0.4) is 0 Å². The summed E-state index contributed by atoms with van der Waals surface area (Å²) in [5, 5.41) is 7.49. The molecule has 1 unspecified atom stereocenters. The average Bonchev–Trinajstić information content (AvgIpc) is 2.87. The lowest BCUT2D eigenvalue weighted by Crippen LogP contribution is -2.14. The van der Waals surface area contributed by atoms with Gasteiger partial charge in [-0.05, 0) is 44.2 Å². The van der Waals surface area contributed by atoms with Crippen LogP contribution in [0, 0.1) is 0 Å². The molecule has 6 nitrogen and oxygen atoms in total. The van der Waals surface area contributed by atoms with Crippen LogP contribution in [0.5, 0.6) is 0 Å². The molecule has 0 bridgehead atoms. The van der Waals surface area contributed by atoms with Gasteiger partial charge in [0.2, 0.25) is 10.0 Å². The second-order valence-corrected chi connectivity index (χ2v) is 6.84. The van der Waals surface area contributed by atoms with Gasteiger partial charge in [-0.2, -0.15) is 5.10 Å². The molecular formula is C14H20N4O2S. The fraction of sp³-hybridized carbons (Fsp3) is 0.357. The zero-order valence-corrected chi connectivity index (χ0v) is 13.2. The van der Waals surface area contributed by atoms with Crippen molar-refractivity contribution in [3.63, 3.8) is 0 Å². The van der Waals surface area contributed by atoms with Gasteiger partial charge in [-0.15, -0.1) is 0 Å². The van der Waals surface area contributed by atoms with Crippen LogP contribution >= 0.6 is 0 Å². The Morgan fingerprint density at radius 2 is 1.81 bits per heavy atom. The zero-order chi connectivity index (χ0) is 15.5. The van der Waals surface area contributed by atoms with Gasteiger partial charge >= 0.3 is 0 Å². The summed E-state index contributed by atoms with van der Waals surface area (Å²) >= 11 is 0. The smallest absolute Gasteiger partial charge is 0.232 e. The Labute approximate surface area is 125 Å². The minimum Gasteiger partial charge on any atom is -0.377 e. The molecule has 114 valence electrons. The van der Waals surface area contributed by atoms with Crippen molar-refractivity contribution in [2.24, 2.45) is 7.05 Å². The molecule has 2 aromatic rings. The van der Waals surface area contributed by atoms with E-state index in [1.54, 1.807) is 25.3 Å². The highest BCUT2D eigenvalue weighted by atomic mass is 32.2. The minimum absolute atomic E-state index is 0.0600. The molecule has 1 atom stereocenters. The monoisotopic (exact) mass is 308 g/mol. The van der Waals surface area contributed by atoms with Gasteiger partial charge in [0, 0.05) is 24.6 Å². The first-order chi connectivity index (χ1) is 9.91. The Morgan fingerprint density at radius 3 is 2.33 bits per heavy atom. The van der Waals surface area contributed by atoms with Gasteiger partial charge in [0.05, 0.1) is 17.5 Å². The number of aromatic nitrogens is 2. The fourth-order valence-electron chi connectivity index (χ4n) is 2.02. The van der Waals surface area contributed by atoms with Crippen LogP contribution in [0.2, 0.25) is 0 Å². The molecule has 0 aliphatic carbocycles. The standard InChI is InChI=1S/C14H20N4O2S/c1-4-21(19,20)17-13-7-5-12(6-8-13)16-11(2)14-9-10-15-18(14)3/h5-11,16-17H,4H2,1-3H3. The van der Waals surface area contributed by atoms with E-state index in [2.05, 4.69) is 15.1 Å².